The molecule has 3 aliphatic rings. The van der Waals surface area contributed by atoms with E-state index >= 15 is 0 Å². The minimum atomic E-state index is -2.65. The number of hydrogen-bond donors (Lipinski definition) is 0. The normalized spacial score (nSPS) is 30.6. The van der Waals surface area contributed by atoms with Gasteiger partial charge in [0.1, 0.15) is 12.0 Å². The van der Waals surface area contributed by atoms with Crippen molar-refractivity contribution in [3.63, 3.8) is 0 Å². The summed E-state index contributed by atoms with van der Waals surface area (Å²) in [6, 6.07) is 1.43. The Morgan fingerprint density at radius 3 is 2.67 bits per heavy atom. The maximum atomic E-state index is 13.4. The van der Waals surface area contributed by atoms with Crippen molar-refractivity contribution in [2.45, 2.75) is 50.9 Å². The zero-order valence-corrected chi connectivity index (χ0v) is 15.1. The zero-order valence-electron chi connectivity index (χ0n) is 15.1. The summed E-state index contributed by atoms with van der Waals surface area (Å²) in [7, 11) is 0. The smallest absolute Gasteiger partial charge is 0.280 e. The zero-order chi connectivity index (χ0) is 18.5. The first-order valence-corrected chi connectivity index (χ1v) is 9.91. The van der Waals surface area contributed by atoms with Crippen LogP contribution in [0, 0.1) is 17.8 Å². The molecule has 3 fully saturated rings. The molecule has 0 aromatic carbocycles. The second-order valence-corrected chi connectivity index (χ2v) is 8.14. The Morgan fingerprint density at radius 1 is 1.15 bits per heavy atom. The molecule has 0 spiro atoms. The van der Waals surface area contributed by atoms with Gasteiger partial charge < -0.3 is 4.90 Å². The number of aromatic nitrogens is 4. The molecule has 0 N–H and O–H groups in total. The van der Waals surface area contributed by atoms with Crippen molar-refractivity contribution in [1.82, 2.24) is 24.5 Å². The molecule has 0 bridgehead atoms. The first kappa shape index (κ1) is 17.0. The number of fused-ring (bicyclic) bond motifs is 2. The summed E-state index contributed by atoms with van der Waals surface area (Å²) in [6.45, 7) is 1.33. The molecule has 8 heteroatoms. The van der Waals surface area contributed by atoms with Crippen molar-refractivity contribution in [3.05, 3.63) is 23.8 Å². The number of halogens is 2. The Morgan fingerprint density at radius 2 is 1.93 bits per heavy atom. The van der Waals surface area contributed by atoms with Gasteiger partial charge in [0.15, 0.2) is 0 Å². The van der Waals surface area contributed by atoms with Crippen LogP contribution in [0.5, 0.6) is 0 Å². The third kappa shape index (κ3) is 2.89. The fraction of sp³-hybridized carbons (Fsp3) is 0.684. The van der Waals surface area contributed by atoms with Crippen LogP contribution in [0.1, 0.15) is 62.3 Å². The number of rotatable bonds is 3. The molecule has 1 amide bonds. The van der Waals surface area contributed by atoms with E-state index in [1.807, 2.05) is 4.90 Å². The van der Waals surface area contributed by atoms with Crippen molar-refractivity contribution in [2.24, 2.45) is 17.8 Å². The second kappa shape index (κ2) is 6.49. The topological polar surface area (TPSA) is 63.4 Å². The van der Waals surface area contributed by atoms with E-state index in [0.29, 0.717) is 24.1 Å². The summed E-state index contributed by atoms with van der Waals surface area (Å²) in [5, 5.41) is 3.84. The van der Waals surface area contributed by atoms with E-state index in [9.17, 15) is 13.6 Å². The Labute approximate surface area is 156 Å². The summed E-state index contributed by atoms with van der Waals surface area (Å²) < 4.78 is 28.0. The molecule has 5 rings (SSSR count). The van der Waals surface area contributed by atoms with Crippen LogP contribution in [0.3, 0.4) is 0 Å². The number of alkyl halides is 2. The van der Waals surface area contributed by atoms with Crippen LogP contribution in [-0.2, 0) is 4.79 Å². The number of piperidine rings is 1. The van der Waals surface area contributed by atoms with Gasteiger partial charge in [0, 0.05) is 24.9 Å². The fourth-order valence-corrected chi connectivity index (χ4v) is 5.21. The van der Waals surface area contributed by atoms with Crippen LogP contribution < -0.4 is 0 Å². The molecule has 0 unspecified atom stereocenters. The van der Waals surface area contributed by atoms with E-state index in [1.54, 1.807) is 0 Å². The van der Waals surface area contributed by atoms with Gasteiger partial charge in [0.05, 0.1) is 5.69 Å². The van der Waals surface area contributed by atoms with Gasteiger partial charge in [-0.25, -0.2) is 13.8 Å². The van der Waals surface area contributed by atoms with E-state index in [4.69, 9.17) is 0 Å². The molecular formula is C19H23F2N5O. The molecule has 2 saturated carbocycles. The van der Waals surface area contributed by atoms with Gasteiger partial charge in [-0.2, -0.15) is 14.6 Å². The number of carbonyl (C=O) groups excluding carboxylic acids is 1. The monoisotopic (exact) mass is 375 g/mol. The minimum absolute atomic E-state index is 0.0253. The van der Waals surface area contributed by atoms with E-state index in [0.717, 1.165) is 23.9 Å². The molecule has 2 aromatic heterocycles. The molecular weight excluding hydrogens is 352 g/mol. The number of hydrogen-bond acceptors (Lipinski definition) is 4. The van der Waals surface area contributed by atoms with Crippen molar-refractivity contribution in [3.8, 4) is 0 Å². The Balaban J connectivity index is 1.37. The lowest BCUT2D eigenvalue weighted by Crippen LogP contribution is -2.40. The number of likely N-dealkylation sites (tertiary alicyclic amines) is 1. The number of nitrogens with zero attached hydrogens (tertiary/aromatic N) is 5. The van der Waals surface area contributed by atoms with Crippen molar-refractivity contribution >= 4 is 11.7 Å². The van der Waals surface area contributed by atoms with E-state index in [-0.39, 0.29) is 29.2 Å². The molecule has 1 saturated heterocycles. The van der Waals surface area contributed by atoms with Crippen LogP contribution in [0.25, 0.3) is 5.78 Å². The van der Waals surface area contributed by atoms with Gasteiger partial charge in [-0.1, -0.05) is 12.8 Å². The molecule has 2 aliphatic carbocycles. The lowest BCUT2D eigenvalue weighted by molar-refractivity contribution is -0.134. The maximum absolute atomic E-state index is 13.4. The first-order chi connectivity index (χ1) is 13.1. The average molecular weight is 375 g/mol. The predicted molar refractivity (Wildman–Crippen MR) is 93.2 cm³/mol. The summed E-state index contributed by atoms with van der Waals surface area (Å²) in [6.07, 6.45) is 5.17. The highest BCUT2D eigenvalue weighted by Crippen LogP contribution is 2.56. The summed E-state index contributed by atoms with van der Waals surface area (Å²) >= 11 is 0. The lowest BCUT2D eigenvalue weighted by atomic mass is 9.93. The highest BCUT2D eigenvalue weighted by Gasteiger charge is 2.56. The largest absolute Gasteiger partial charge is 0.342 e. The summed E-state index contributed by atoms with van der Waals surface area (Å²) in [4.78, 5) is 23.4. The van der Waals surface area contributed by atoms with Gasteiger partial charge in [-0.05, 0) is 43.6 Å². The highest BCUT2D eigenvalue weighted by atomic mass is 19.3. The van der Waals surface area contributed by atoms with Gasteiger partial charge in [-0.15, -0.1) is 0 Å². The van der Waals surface area contributed by atoms with Crippen LogP contribution in [-0.4, -0.2) is 43.5 Å². The van der Waals surface area contributed by atoms with Crippen LogP contribution in [0.15, 0.2) is 12.4 Å². The van der Waals surface area contributed by atoms with Gasteiger partial charge >= 0.3 is 0 Å². The summed E-state index contributed by atoms with van der Waals surface area (Å²) in [5.41, 5.74) is 0.403. The molecule has 3 atom stereocenters. The van der Waals surface area contributed by atoms with Crippen LogP contribution in [0.2, 0.25) is 0 Å². The van der Waals surface area contributed by atoms with E-state index < -0.39 is 6.43 Å². The lowest BCUT2D eigenvalue weighted by Gasteiger charge is -2.33. The summed E-state index contributed by atoms with van der Waals surface area (Å²) in [5.74, 6) is 1.82. The van der Waals surface area contributed by atoms with Crippen molar-refractivity contribution < 1.29 is 13.6 Å². The Bertz CT molecular complexity index is 857. The predicted octanol–water partition coefficient (Wildman–Crippen LogP) is 3.20. The SMILES string of the molecule is O=C(C1[C@@H]2CCCC[C@@H]12)N1CCC[C@H](c2cc(C(F)F)n3ncnc3n2)C1. The van der Waals surface area contributed by atoms with Crippen LogP contribution >= 0.6 is 0 Å². The molecule has 0 radical (unpaired) electrons. The van der Waals surface area contributed by atoms with Gasteiger partial charge in [-0.3, -0.25) is 4.79 Å². The maximum Gasteiger partial charge on any atom is 0.280 e. The Kier molecular flexibility index (Phi) is 4.09. The van der Waals surface area contributed by atoms with Crippen molar-refractivity contribution in [2.75, 3.05) is 13.1 Å². The van der Waals surface area contributed by atoms with E-state index in [2.05, 4.69) is 15.1 Å². The highest BCUT2D eigenvalue weighted by molar-refractivity contribution is 5.82. The molecule has 2 aromatic rings. The van der Waals surface area contributed by atoms with Crippen molar-refractivity contribution in [1.29, 1.82) is 0 Å². The second-order valence-electron chi connectivity index (χ2n) is 8.14. The third-order valence-electron chi connectivity index (χ3n) is 6.62. The molecule has 3 heterocycles. The number of amides is 1. The number of carbonyl (C=O) groups is 1. The fourth-order valence-electron chi connectivity index (χ4n) is 5.21. The minimum Gasteiger partial charge on any atom is -0.342 e. The molecule has 6 nitrogen and oxygen atoms in total. The van der Waals surface area contributed by atoms with Gasteiger partial charge in [0.2, 0.25) is 5.91 Å². The standard InChI is InChI=1S/C19H23F2N5O/c20-17(21)15-8-14(24-19-22-10-23-26(15)19)11-4-3-7-25(9-11)18(27)16-12-5-1-2-6-13(12)16/h8,10-13,16-17H,1-7,9H2/t11-,12+,13+/m0/s1. The Hall–Kier alpha value is -2.12. The average Bonchev–Trinajstić information content (AvgIpc) is 3.22. The molecule has 27 heavy (non-hydrogen) atoms. The quantitative estimate of drug-likeness (QED) is 0.826. The molecule has 144 valence electrons. The van der Waals surface area contributed by atoms with Crippen LogP contribution in [0.4, 0.5) is 8.78 Å². The first-order valence-electron chi connectivity index (χ1n) is 9.91. The molecule has 1 aliphatic heterocycles. The van der Waals surface area contributed by atoms with Gasteiger partial charge in [0.25, 0.3) is 12.2 Å². The third-order valence-corrected chi connectivity index (χ3v) is 6.62. The van der Waals surface area contributed by atoms with E-state index in [1.165, 1.54) is 38.1 Å².